The lowest BCUT2D eigenvalue weighted by molar-refractivity contribution is -0.122. The lowest BCUT2D eigenvalue weighted by atomic mass is 10.2. The highest BCUT2D eigenvalue weighted by molar-refractivity contribution is 8.15. The molecule has 2 amide bonds. The van der Waals surface area contributed by atoms with Gasteiger partial charge in [0.1, 0.15) is 5.25 Å². The summed E-state index contributed by atoms with van der Waals surface area (Å²) >= 11 is 1.21. The normalized spacial score (nSPS) is 18.1. The van der Waals surface area contributed by atoms with E-state index in [0.29, 0.717) is 5.17 Å². The molecule has 0 spiro atoms. The molecule has 1 heterocycles. The second kappa shape index (κ2) is 9.66. The summed E-state index contributed by atoms with van der Waals surface area (Å²) in [7, 11) is 0. The molecule has 2 aromatic rings. The van der Waals surface area contributed by atoms with Crippen molar-refractivity contribution < 1.29 is 9.59 Å². The van der Waals surface area contributed by atoms with Gasteiger partial charge in [0.2, 0.25) is 11.8 Å². The first-order chi connectivity index (χ1) is 13.6. The molecule has 0 radical (unpaired) electrons. The molecule has 3 rings (SSSR count). The second-order valence-corrected chi connectivity index (χ2v) is 7.29. The number of hydrogen-bond donors (Lipinski definition) is 2. The van der Waals surface area contributed by atoms with Crippen LogP contribution in [0.2, 0.25) is 0 Å². The van der Waals surface area contributed by atoms with Gasteiger partial charge in [-0.1, -0.05) is 66.4 Å². The SMILES string of the molecule is Cc1ccccc1NC(=O)CC1SC(=NN=CC=Cc2ccccc2)NC1=O. The summed E-state index contributed by atoms with van der Waals surface area (Å²) < 4.78 is 0. The van der Waals surface area contributed by atoms with Crippen LogP contribution in [0.3, 0.4) is 0 Å². The number of para-hydroxylation sites is 1. The van der Waals surface area contributed by atoms with Gasteiger partial charge in [-0.2, -0.15) is 5.10 Å². The van der Waals surface area contributed by atoms with Crippen LogP contribution in [-0.4, -0.2) is 28.4 Å². The number of allylic oxidation sites excluding steroid dienone is 1. The smallest absolute Gasteiger partial charge is 0.240 e. The topological polar surface area (TPSA) is 82.9 Å². The zero-order valence-corrected chi connectivity index (χ0v) is 16.1. The number of thioether (sulfide) groups is 1. The summed E-state index contributed by atoms with van der Waals surface area (Å²) in [5, 5.41) is 13.3. The van der Waals surface area contributed by atoms with Crippen molar-refractivity contribution >= 4 is 46.7 Å². The highest BCUT2D eigenvalue weighted by Gasteiger charge is 2.32. The summed E-state index contributed by atoms with van der Waals surface area (Å²) in [6.45, 7) is 1.92. The summed E-state index contributed by atoms with van der Waals surface area (Å²) in [4.78, 5) is 24.3. The van der Waals surface area contributed by atoms with E-state index in [9.17, 15) is 9.59 Å². The Bertz CT molecular complexity index is 938. The molecule has 28 heavy (non-hydrogen) atoms. The van der Waals surface area contributed by atoms with E-state index in [1.54, 1.807) is 12.3 Å². The number of aryl methyl sites for hydroxylation is 1. The Hall–Kier alpha value is -3.19. The monoisotopic (exact) mass is 392 g/mol. The highest BCUT2D eigenvalue weighted by atomic mass is 32.2. The first-order valence-electron chi connectivity index (χ1n) is 8.77. The van der Waals surface area contributed by atoms with Crippen molar-refractivity contribution in [3.63, 3.8) is 0 Å². The van der Waals surface area contributed by atoms with E-state index in [1.165, 1.54) is 11.8 Å². The van der Waals surface area contributed by atoms with Crippen molar-refractivity contribution in [2.45, 2.75) is 18.6 Å². The first-order valence-corrected chi connectivity index (χ1v) is 9.65. The van der Waals surface area contributed by atoms with Crippen LogP contribution in [0.1, 0.15) is 17.5 Å². The number of nitrogens with zero attached hydrogens (tertiary/aromatic N) is 2. The van der Waals surface area contributed by atoms with Crippen LogP contribution in [0.25, 0.3) is 6.08 Å². The predicted octanol–water partition coefficient (Wildman–Crippen LogP) is 3.61. The molecule has 0 aromatic heterocycles. The molecule has 1 saturated heterocycles. The van der Waals surface area contributed by atoms with E-state index in [-0.39, 0.29) is 18.2 Å². The fourth-order valence-corrected chi connectivity index (χ4v) is 3.44. The minimum atomic E-state index is -0.516. The van der Waals surface area contributed by atoms with Crippen molar-refractivity contribution in [1.29, 1.82) is 0 Å². The van der Waals surface area contributed by atoms with Gasteiger partial charge < -0.3 is 10.6 Å². The van der Waals surface area contributed by atoms with E-state index < -0.39 is 5.25 Å². The minimum Gasteiger partial charge on any atom is -0.326 e. The van der Waals surface area contributed by atoms with E-state index >= 15 is 0 Å². The maximum Gasteiger partial charge on any atom is 0.240 e. The Morgan fingerprint density at radius 3 is 2.71 bits per heavy atom. The van der Waals surface area contributed by atoms with Crippen LogP contribution in [-0.2, 0) is 9.59 Å². The molecule has 6 nitrogen and oxygen atoms in total. The molecular formula is C21H20N4O2S. The molecule has 0 bridgehead atoms. The van der Waals surface area contributed by atoms with E-state index in [4.69, 9.17) is 0 Å². The number of carbonyl (C=O) groups excluding carboxylic acids is 2. The molecule has 1 unspecified atom stereocenters. The number of amides is 2. The Morgan fingerprint density at radius 2 is 1.93 bits per heavy atom. The van der Waals surface area contributed by atoms with Gasteiger partial charge in [0, 0.05) is 18.3 Å². The van der Waals surface area contributed by atoms with Crippen LogP contribution in [0.4, 0.5) is 5.69 Å². The average Bonchev–Trinajstić information content (AvgIpc) is 3.03. The van der Waals surface area contributed by atoms with Crippen LogP contribution in [0, 0.1) is 6.92 Å². The summed E-state index contributed by atoms with van der Waals surface area (Å²) in [5.41, 5.74) is 2.78. The number of anilines is 1. The molecule has 0 saturated carbocycles. The third-order valence-electron chi connectivity index (χ3n) is 3.96. The van der Waals surface area contributed by atoms with Crippen LogP contribution in [0.15, 0.2) is 70.9 Å². The minimum absolute atomic E-state index is 0.0709. The molecule has 142 valence electrons. The van der Waals surface area contributed by atoms with Crippen molar-refractivity contribution in [2.24, 2.45) is 10.2 Å². The van der Waals surface area contributed by atoms with Crippen molar-refractivity contribution in [2.75, 3.05) is 5.32 Å². The number of hydrogen-bond acceptors (Lipinski definition) is 5. The molecule has 0 aliphatic carbocycles. The molecule has 1 aliphatic heterocycles. The Balaban J connectivity index is 1.51. The quantitative estimate of drug-likeness (QED) is 0.582. The van der Waals surface area contributed by atoms with Gasteiger partial charge in [0.05, 0.1) is 0 Å². The van der Waals surface area contributed by atoms with Crippen LogP contribution >= 0.6 is 11.8 Å². The fraction of sp³-hybridized carbons (Fsp3) is 0.143. The van der Waals surface area contributed by atoms with Gasteiger partial charge in [-0.3, -0.25) is 9.59 Å². The zero-order valence-electron chi connectivity index (χ0n) is 15.3. The summed E-state index contributed by atoms with van der Waals surface area (Å²) in [6, 6.07) is 17.3. The number of rotatable bonds is 6. The van der Waals surface area contributed by atoms with Gasteiger partial charge in [-0.25, -0.2) is 0 Å². The van der Waals surface area contributed by atoms with Gasteiger partial charge in [0.15, 0.2) is 5.17 Å². The first kappa shape index (κ1) is 19.6. The van der Waals surface area contributed by atoms with E-state index in [1.807, 2.05) is 67.6 Å². The average molecular weight is 392 g/mol. The second-order valence-electron chi connectivity index (χ2n) is 6.10. The number of carbonyl (C=O) groups is 2. The molecule has 7 heteroatoms. The Labute approximate surface area is 167 Å². The molecule has 2 N–H and O–H groups in total. The van der Waals surface area contributed by atoms with Gasteiger partial charge in [-0.05, 0) is 30.2 Å². The Kier molecular flexibility index (Phi) is 6.75. The molecular weight excluding hydrogens is 372 g/mol. The molecule has 2 aromatic carbocycles. The third kappa shape index (κ3) is 5.65. The number of nitrogens with one attached hydrogen (secondary N) is 2. The third-order valence-corrected chi connectivity index (χ3v) is 5.03. The maximum atomic E-state index is 12.2. The van der Waals surface area contributed by atoms with Crippen LogP contribution < -0.4 is 10.6 Å². The van der Waals surface area contributed by atoms with Gasteiger partial charge in [-0.15, -0.1) is 5.10 Å². The van der Waals surface area contributed by atoms with Gasteiger partial charge in [0.25, 0.3) is 0 Å². The predicted molar refractivity (Wildman–Crippen MR) is 115 cm³/mol. The Morgan fingerprint density at radius 1 is 1.18 bits per heavy atom. The number of amidine groups is 1. The largest absolute Gasteiger partial charge is 0.326 e. The lowest BCUT2D eigenvalue weighted by Crippen LogP contribution is -2.28. The summed E-state index contributed by atoms with van der Waals surface area (Å²) in [6.07, 6.45) is 5.29. The maximum absolute atomic E-state index is 12.2. The van der Waals surface area contributed by atoms with E-state index in [0.717, 1.165) is 16.8 Å². The highest BCUT2D eigenvalue weighted by Crippen LogP contribution is 2.23. The van der Waals surface area contributed by atoms with E-state index in [2.05, 4.69) is 20.8 Å². The summed E-state index contributed by atoms with van der Waals surface area (Å²) in [5.74, 6) is -0.448. The van der Waals surface area contributed by atoms with Gasteiger partial charge >= 0.3 is 0 Å². The lowest BCUT2D eigenvalue weighted by Gasteiger charge is -2.09. The number of benzene rings is 2. The van der Waals surface area contributed by atoms with Crippen molar-refractivity contribution in [1.82, 2.24) is 5.32 Å². The standard InChI is InChI=1S/C21H20N4O2S/c1-15-8-5-6-12-17(15)23-19(26)14-18-20(27)24-21(28-18)25-22-13-7-11-16-9-3-2-4-10-16/h2-13,18H,14H2,1H3,(H,23,26)(H,24,25,27). The van der Waals surface area contributed by atoms with Crippen molar-refractivity contribution in [3.8, 4) is 0 Å². The fourth-order valence-electron chi connectivity index (χ4n) is 2.51. The zero-order chi connectivity index (χ0) is 19.8. The molecule has 1 fully saturated rings. The van der Waals surface area contributed by atoms with Crippen molar-refractivity contribution in [3.05, 3.63) is 71.8 Å². The molecule has 1 aliphatic rings. The van der Waals surface area contributed by atoms with Crippen LogP contribution in [0.5, 0.6) is 0 Å². The molecule has 1 atom stereocenters.